The van der Waals surface area contributed by atoms with Crippen LogP contribution >= 0.6 is 0 Å². The maximum absolute atomic E-state index is 11.5. The van der Waals surface area contributed by atoms with E-state index >= 15 is 0 Å². The fourth-order valence-electron chi connectivity index (χ4n) is 2.41. The van der Waals surface area contributed by atoms with Gasteiger partial charge in [-0.3, -0.25) is 0 Å². The molecule has 0 fully saturated rings. The van der Waals surface area contributed by atoms with Crippen LogP contribution in [-0.2, 0) is 19.1 Å². The van der Waals surface area contributed by atoms with Gasteiger partial charge in [-0.05, 0) is 37.3 Å². The van der Waals surface area contributed by atoms with Gasteiger partial charge in [0.1, 0.15) is 6.10 Å². The second-order valence-corrected chi connectivity index (χ2v) is 6.93. The summed E-state index contributed by atoms with van der Waals surface area (Å²) in [5, 5.41) is 0. The van der Waals surface area contributed by atoms with Crippen molar-refractivity contribution in [2.75, 3.05) is 6.61 Å². The third-order valence-corrected chi connectivity index (χ3v) is 4.30. The van der Waals surface area contributed by atoms with E-state index in [0.29, 0.717) is 12.2 Å². The molecule has 166 valence electrons. The molecule has 1 rings (SSSR count). The Labute approximate surface area is 182 Å². The van der Waals surface area contributed by atoms with Crippen LogP contribution in [0.1, 0.15) is 71.3 Å². The zero-order chi connectivity index (χ0) is 22.6. The van der Waals surface area contributed by atoms with Crippen molar-refractivity contribution in [2.45, 2.75) is 71.8 Å². The minimum absolute atomic E-state index is 0.0806. The molecule has 0 saturated carbocycles. The van der Waals surface area contributed by atoms with E-state index in [4.69, 9.17) is 9.47 Å². The number of benzene rings is 1. The molecule has 4 nitrogen and oxygen atoms in total. The van der Waals surface area contributed by atoms with Gasteiger partial charge in [-0.15, -0.1) is 0 Å². The van der Waals surface area contributed by atoms with E-state index in [1.54, 1.807) is 6.08 Å². The monoisotopic (exact) mass is 414 g/mol. The van der Waals surface area contributed by atoms with Crippen LogP contribution in [0, 0.1) is 0 Å². The second kappa shape index (κ2) is 18.4. The smallest absolute Gasteiger partial charge is 0.337 e. The van der Waals surface area contributed by atoms with Gasteiger partial charge in [0.2, 0.25) is 0 Å². The summed E-state index contributed by atoms with van der Waals surface area (Å²) in [6, 6.07) is 9.77. The Morgan fingerprint density at radius 1 is 1.03 bits per heavy atom. The summed E-state index contributed by atoms with van der Waals surface area (Å²) in [7, 11) is 0. The lowest BCUT2D eigenvalue weighted by Crippen LogP contribution is -2.15. The summed E-state index contributed by atoms with van der Waals surface area (Å²) in [6.07, 6.45) is 12.2. The minimum atomic E-state index is -0.342. The van der Waals surface area contributed by atoms with Crippen LogP contribution in [0.25, 0.3) is 6.08 Å². The largest absolute Gasteiger partial charge is 0.462 e. The number of rotatable bonds is 13. The molecule has 0 aliphatic rings. The van der Waals surface area contributed by atoms with Gasteiger partial charge in [-0.1, -0.05) is 89.6 Å². The van der Waals surface area contributed by atoms with E-state index in [1.165, 1.54) is 18.9 Å². The first kappa shape index (κ1) is 27.4. The number of carbonyl (C=O) groups excluding carboxylic acids is 2. The standard InChI is InChI=1S/C15H18O2.C11H20O2/c1-3-4-12-17-15(16)13(2)10-11-14-8-6-5-7-9-14;1-4-7-8-9-10(5-2)13-11(12)6-3/h5-11H,2-4,12H2,1H3;6,10H,3-5,7-9H2,1-2H3. The van der Waals surface area contributed by atoms with Gasteiger partial charge < -0.3 is 9.47 Å². The van der Waals surface area contributed by atoms with Crippen LogP contribution < -0.4 is 0 Å². The van der Waals surface area contributed by atoms with Crippen molar-refractivity contribution in [2.24, 2.45) is 0 Å². The van der Waals surface area contributed by atoms with Gasteiger partial charge in [0.25, 0.3) is 0 Å². The van der Waals surface area contributed by atoms with E-state index in [1.807, 2.05) is 43.3 Å². The fraction of sp³-hybridized carbons (Fsp3) is 0.462. The summed E-state index contributed by atoms with van der Waals surface area (Å²) in [5.74, 6) is -0.644. The maximum Gasteiger partial charge on any atom is 0.337 e. The van der Waals surface area contributed by atoms with Gasteiger partial charge in [0.05, 0.1) is 12.2 Å². The molecule has 0 saturated heterocycles. The highest BCUT2D eigenvalue weighted by molar-refractivity contribution is 5.92. The van der Waals surface area contributed by atoms with Crippen molar-refractivity contribution in [3.8, 4) is 0 Å². The van der Waals surface area contributed by atoms with Gasteiger partial charge in [0, 0.05) is 6.08 Å². The molecule has 1 aromatic rings. The van der Waals surface area contributed by atoms with E-state index in [-0.39, 0.29) is 18.0 Å². The highest BCUT2D eigenvalue weighted by Crippen LogP contribution is 2.10. The van der Waals surface area contributed by atoms with Crippen LogP contribution in [0.3, 0.4) is 0 Å². The molecule has 0 bridgehead atoms. The number of esters is 2. The molecule has 1 aromatic carbocycles. The van der Waals surface area contributed by atoms with E-state index in [2.05, 4.69) is 27.0 Å². The van der Waals surface area contributed by atoms with Crippen LogP contribution in [0.15, 0.2) is 61.2 Å². The molecule has 0 aliphatic carbocycles. The lowest BCUT2D eigenvalue weighted by molar-refractivity contribution is -0.143. The number of hydrogen-bond donors (Lipinski definition) is 0. The van der Waals surface area contributed by atoms with Crippen molar-refractivity contribution in [3.05, 3.63) is 66.8 Å². The van der Waals surface area contributed by atoms with E-state index < -0.39 is 0 Å². The second-order valence-electron chi connectivity index (χ2n) is 6.93. The lowest BCUT2D eigenvalue weighted by Gasteiger charge is -2.14. The number of hydrogen-bond acceptors (Lipinski definition) is 4. The fourth-order valence-corrected chi connectivity index (χ4v) is 2.41. The number of unbranched alkanes of at least 4 members (excludes halogenated alkanes) is 3. The molecule has 1 atom stereocenters. The van der Waals surface area contributed by atoms with Crippen molar-refractivity contribution >= 4 is 18.0 Å². The summed E-state index contributed by atoms with van der Waals surface area (Å²) in [5.41, 5.74) is 1.42. The van der Waals surface area contributed by atoms with Gasteiger partial charge in [0.15, 0.2) is 0 Å². The topological polar surface area (TPSA) is 52.6 Å². The van der Waals surface area contributed by atoms with E-state index in [9.17, 15) is 9.59 Å². The number of ether oxygens (including phenoxy) is 2. The summed E-state index contributed by atoms with van der Waals surface area (Å²) in [6.45, 7) is 13.8. The van der Waals surface area contributed by atoms with Crippen molar-refractivity contribution in [1.29, 1.82) is 0 Å². The highest BCUT2D eigenvalue weighted by atomic mass is 16.5. The molecular formula is C26H38O4. The number of carbonyl (C=O) groups is 2. The molecule has 0 radical (unpaired) electrons. The van der Waals surface area contributed by atoms with Gasteiger partial charge >= 0.3 is 11.9 Å². The van der Waals surface area contributed by atoms with Crippen LogP contribution in [0.4, 0.5) is 0 Å². The normalized spacial score (nSPS) is 11.2. The molecule has 0 spiro atoms. The molecular weight excluding hydrogens is 376 g/mol. The lowest BCUT2D eigenvalue weighted by atomic mass is 10.1. The van der Waals surface area contributed by atoms with Gasteiger partial charge in [-0.2, -0.15) is 0 Å². The summed E-state index contributed by atoms with van der Waals surface area (Å²) < 4.78 is 10.2. The minimum Gasteiger partial charge on any atom is -0.462 e. The average molecular weight is 415 g/mol. The third-order valence-electron chi connectivity index (χ3n) is 4.30. The van der Waals surface area contributed by atoms with Gasteiger partial charge in [-0.25, -0.2) is 9.59 Å². The Morgan fingerprint density at radius 3 is 2.27 bits per heavy atom. The maximum atomic E-state index is 11.5. The SMILES string of the molecule is C=C(C=Cc1ccccc1)C(=O)OCCCC.C=CC(=O)OC(CC)CCCCC. The quantitative estimate of drug-likeness (QED) is 0.156. The molecule has 0 aliphatic heterocycles. The molecule has 0 amide bonds. The summed E-state index contributed by atoms with van der Waals surface area (Å²) >= 11 is 0. The molecule has 1 unspecified atom stereocenters. The molecule has 4 heteroatoms. The Kier molecular flexibility index (Phi) is 16.8. The molecule has 0 heterocycles. The average Bonchev–Trinajstić information content (AvgIpc) is 2.77. The Bertz CT molecular complexity index is 646. The Hall–Kier alpha value is -2.62. The summed E-state index contributed by atoms with van der Waals surface area (Å²) in [4.78, 5) is 22.3. The first-order valence-electron chi connectivity index (χ1n) is 10.9. The van der Waals surface area contributed by atoms with Crippen molar-refractivity contribution in [3.63, 3.8) is 0 Å². The van der Waals surface area contributed by atoms with Crippen LogP contribution in [-0.4, -0.2) is 24.6 Å². The predicted octanol–water partition coefficient (Wildman–Crippen LogP) is 6.67. The van der Waals surface area contributed by atoms with E-state index in [0.717, 1.165) is 37.7 Å². The van der Waals surface area contributed by atoms with Crippen molar-refractivity contribution < 1.29 is 19.1 Å². The highest BCUT2D eigenvalue weighted by Gasteiger charge is 2.09. The predicted molar refractivity (Wildman–Crippen MR) is 125 cm³/mol. The Morgan fingerprint density at radius 2 is 1.70 bits per heavy atom. The Balaban J connectivity index is 0.000000584. The van der Waals surface area contributed by atoms with Crippen molar-refractivity contribution in [1.82, 2.24) is 0 Å². The first-order valence-corrected chi connectivity index (χ1v) is 10.9. The van der Waals surface area contributed by atoms with Crippen LogP contribution in [0.2, 0.25) is 0 Å². The first-order chi connectivity index (χ1) is 14.5. The zero-order valence-corrected chi connectivity index (χ0v) is 18.9. The molecule has 0 aromatic heterocycles. The molecule has 0 N–H and O–H groups in total. The zero-order valence-electron chi connectivity index (χ0n) is 18.9. The van der Waals surface area contributed by atoms with Crippen LogP contribution in [0.5, 0.6) is 0 Å². The third kappa shape index (κ3) is 14.4. The molecule has 30 heavy (non-hydrogen) atoms.